The molecule has 2 amide bonds. The number of nitrogens with two attached hydrogens (primary N) is 1. The number of carbonyl (C=O) groups is 2. The lowest BCUT2D eigenvalue weighted by Gasteiger charge is -2.33. The number of carbonyl (C=O) groups excluding carboxylic acids is 2. The van der Waals surface area contributed by atoms with Gasteiger partial charge in [-0.2, -0.15) is 5.10 Å². The van der Waals surface area contributed by atoms with Crippen LogP contribution in [0.3, 0.4) is 0 Å². The minimum atomic E-state index is -0.519. The first kappa shape index (κ1) is 19.2. The molecule has 1 aliphatic carbocycles. The summed E-state index contributed by atoms with van der Waals surface area (Å²) in [7, 11) is 0. The molecule has 1 saturated carbocycles. The molecular weight excluding hydrogens is 342 g/mol. The lowest BCUT2D eigenvalue weighted by atomic mass is 9.80. The average Bonchev–Trinajstić information content (AvgIpc) is 3.10. The topological polar surface area (TPSA) is 102 Å². The van der Waals surface area contributed by atoms with Crippen molar-refractivity contribution >= 4 is 28.7 Å². The second kappa shape index (κ2) is 7.21. The molecule has 0 saturated heterocycles. The van der Waals surface area contributed by atoms with Gasteiger partial charge in [0.05, 0.1) is 34.8 Å². The Morgan fingerprint density at radius 1 is 1.37 bits per heavy atom. The van der Waals surface area contributed by atoms with Crippen LogP contribution in [0.5, 0.6) is 0 Å². The average molecular weight is 371 g/mol. The Morgan fingerprint density at radius 2 is 2.11 bits per heavy atom. The zero-order valence-corrected chi connectivity index (χ0v) is 16.5. The van der Waals surface area contributed by atoms with Gasteiger partial charge in [0.1, 0.15) is 0 Å². The van der Waals surface area contributed by atoms with Crippen molar-refractivity contribution in [3.63, 3.8) is 0 Å². The number of fused-ring (bicyclic) bond motifs is 1. The van der Waals surface area contributed by atoms with Crippen LogP contribution >= 0.6 is 0 Å². The van der Waals surface area contributed by atoms with Gasteiger partial charge in [-0.25, -0.2) is 4.52 Å². The SMILES string of the molecule is CCCC(=O)Nc1cc2c(N[C@@H]3CC[C@H](C)C3(C)C)c(C(N)=O)cnn2c1. The van der Waals surface area contributed by atoms with Gasteiger partial charge in [0.25, 0.3) is 5.91 Å². The van der Waals surface area contributed by atoms with E-state index in [-0.39, 0.29) is 17.4 Å². The van der Waals surface area contributed by atoms with Crippen LogP contribution in [0.15, 0.2) is 18.5 Å². The van der Waals surface area contributed by atoms with Crippen LogP contribution in [0.1, 0.15) is 63.7 Å². The minimum Gasteiger partial charge on any atom is -0.379 e. The molecule has 1 aliphatic rings. The quantitative estimate of drug-likeness (QED) is 0.724. The molecule has 7 heteroatoms. The van der Waals surface area contributed by atoms with E-state index in [4.69, 9.17) is 5.73 Å². The van der Waals surface area contributed by atoms with Crippen molar-refractivity contribution in [1.29, 1.82) is 0 Å². The van der Waals surface area contributed by atoms with Gasteiger partial charge in [-0.15, -0.1) is 0 Å². The summed E-state index contributed by atoms with van der Waals surface area (Å²) < 4.78 is 1.67. The number of hydrogen-bond donors (Lipinski definition) is 3. The molecule has 146 valence electrons. The Bertz CT molecular complexity index is 871. The lowest BCUT2D eigenvalue weighted by Crippen LogP contribution is -2.35. The largest absolute Gasteiger partial charge is 0.379 e. The molecule has 27 heavy (non-hydrogen) atoms. The Kier molecular flexibility index (Phi) is 5.13. The number of rotatable bonds is 6. The third-order valence-electron chi connectivity index (χ3n) is 6.04. The molecular formula is C20H29N5O2. The Hall–Kier alpha value is -2.57. The summed E-state index contributed by atoms with van der Waals surface area (Å²) in [5.74, 6) is 0.0264. The summed E-state index contributed by atoms with van der Waals surface area (Å²) in [6.07, 6.45) is 6.65. The number of hydrogen-bond acceptors (Lipinski definition) is 4. The van der Waals surface area contributed by atoms with Crippen LogP contribution < -0.4 is 16.4 Å². The Labute approximate surface area is 159 Å². The molecule has 4 N–H and O–H groups in total. The molecule has 0 radical (unpaired) electrons. The van der Waals surface area contributed by atoms with E-state index in [2.05, 4.69) is 36.5 Å². The van der Waals surface area contributed by atoms with Gasteiger partial charge in [0, 0.05) is 12.5 Å². The molecule has 2 heterocycles. The summed E-state index contributed by atoms with van der Waals surface area (Å²) in [5.41, 5.74) is 8.13. The Balaban J connectivity index is 2.00. The zero-order valence-electron chi connectivity index (χ0n) is 16.5. The molecule has 0 aromatic carbocycles. The highest BCUT2D eigenvalue weighted by Gasteiger charge is 2.41. The van der Waals surface area contributed by atoms with Crippen LogP contribution in [-0.2, 0) is 4.79 Å². The highest BCUT2D eigenvalue weighted by molar-refractivity contribution is 6.02. The van der Waals surface area contributed by atoms with Gasteiger partial charge in [0.2, 0.25) is 5.91 Å². The van der Waals surface area contributed by atoms with Crippen LogP contribution in [0, 0.1) is 11.3 Å². The van der Waals surface area contributed by atoms with Crippen molar-refractivity contribution in [2.45, 2.75) is 59.4 Å². The van der Waals surface area contributed by atoms with Crippen LogP contribution in [-0.4, -0.2) is 27.5 Å². The molecule has 0 bridgehead atoms. The number of amides is 2. The first-order valence-corrected chi connectivity index (χ1v) is 9.61. The fourth-order valence-corrected chi connectivity index (χ4v) is 3.85. The van der Waals surface area contributed by atoms with E-state index in [1.165, 1.54) is 6.20 Å². The molecule has 0 unspecified atom stereocenters. The highest BCUT2D eigenvalue weighted by Crippen LogP contribution is 2.44. The fourth-order valence-electron chi connectivity index (χ4n) is 3.85. The van der Waals surface area contributed by atoms with Crippen molar-refractivity contribution in [3.05, 3.63) is 24.0 Å². The maximum absolute atomic E-state index is 12.0. The first-order valence-electron chi connectivity index (χ1n) is 9.61. The van der Waals surface area contributed by atoms with Gasteiger partial charge >= 0.3 is 0 Å². The first-order chi connectivity index (χ1) is 12.7. The lowest BCUT2D eigenvalue weighted by molar-refractivity contribution is -0.116. The molecule has 2 atom stereocenters. The van der Waals surface area contributed by atoms with E-state index in [9.17, 15) is 9.59 Å². The van der Waals surface area contributed by atoms with E-state index in [1.807, 2.05) is 13.0 Å². The molecule has 3 rings (SSSR count). The minimum absolute atomic E-state index is 0.0382. The molecule has 0 aliphatic heterocycles. The predicted octanol–water partition coefficient (Wildman–Crippen LogP) is 3.41. The van der Waals surface area contributed by atoms with Gasteiger partial charge in [-0.3, -0.25) is 9.59 Å². The van der Waals surface area contributed by atoms with Crippen LogP contribution in [0.25, 0.3) is 5.52 Å². The number of anilines is 2. The van der Waals surface area contributed by atoms with Crippen LogP contribution in [0.4, 0.5) is 11.4 Å². The van der Waals surface area contributed by atoms with E-state index in [0.29, 0.717) is 29.3 Å². The van der Waals surface area contributed by atoms with E-state index < -0.39 is 5.91 Å². The van der Waals surface area contributed by atoms with Gasteiger partial charge in [-0.05, 0) is 36.7 Å². The maximum atomic E-state index is 12.0. The Morgan fingerprint density at radius 3 is 2.70 bits per heavy atom. The summed E-state index contributed by atoms with van der Waals surface area (Å²) in [6, 6.07) is 2.06. The van der Waals surface area contributed by atoms with Crippen molar-refractivity contribution in [3.8, 4) is 0 Å². The smallest absolute Gasteiger partial charge is 0.252 e. The number of nitrogens with zero attached hydrogens (tertiary/aromatic N) is 2. The standard InChI is InChI=1S/C20H29N5O2/c1-5-6-17(26)23-13-9-15-18(14(19(21)27)10-22-25(15)11-13)24-16-8-7-12(2)20(16,3)4/h9-12,16,24H,5-8H2,1-4H3,(H2,21,27)(H,23,26)/t12-,16+/m0/s1. The monoisotopic (exact) mass is 371 g/mol. The number of nitrogens with one attached hydrogen (secondary N) is 2. The van der Waals surface area contributed by atoms with Crippen molar-refractivity contribution in [2.24, 2.45) is 17.1 Å². The summed E-state index contributed by atoms with van der Waals surface area (Å²) in [5, 5.41) is 10.7. The second-order valence-corrected chi connectivity index (χ2v) is 8.15. The number of primary amides is 1. The molecule has 7 nitrogen and oxygen atoms in total. The third kappa shape index (κ3) is 3.63. The predicted molar refractivity (Wildman–Crippen MR) is 107 cm³/mol. The number of aromatic nitrogens is 2. The van der Waals surface area contributed by atoms with Crippen molar-refractivity contribution < 1.29 is 9.59 Å². The third-order valence-corrected chi connectivity index (χ3v) is 6.04. The van der Waals surface area contributed by atoms with Gasteiger partial charge in [-0.1, -0.05) is 27.7 Å². The molecule has 2 aromatic heterocycles. The van der Waals surface area contributed by atoms with E-state index in [0.717, 1.165) is 24.8 Å². The fraction of sp³-hybridized carbons (Fsp3) is 0.550. The summed E-state index contributed by atoms with van der Waals surface area (Å²) >= 11 is 0. The zero-order chi connectivity index (χ0) is 19.8. The van der Waals surface area contributed by atoms with E-state index >= 15 is 0 Å². The van der Waals surface area contributed by atoms with Gasteiger partial charge < -0.3 is 16.4 Å². The summed E-state index contributed by atoms with van der Waals surface area (Å²) in [6.45, 7) is 8.72. The normalized spacial score (nSPS) is 21.3. The molecule has 2 aromatic rings. The summed E-state index contributed by atoms with van der Waals surface area (Å²) in [4.78, 5) is 23.9. The van der Waals surface area contributed by atoms with Crippen LogP contribution in [0.2, 0.25) is 0 Å². The molecule has 1 fully saturated rings. The van der Waals surface area contributed by atoms with Crippen molar-refractivity contribution in [1.82, 2.24) is 9.61 Å². The molecule has 0 spiro atoms. The van der Waals surface area contributed by atoms with Gasteiger partial charge in [0.15, 0.2) is 0 Å². The second-order valence-electron chi connectivity index (χ2n) is 8.15. The van der Waals surface area contributed by atoms with Crippen molar-refractivity contribution in [2.75, 3.05) is 10.6 Å². The van der Waals surface area contributed by atoms with E-state index in [1.54, 1.807) is 10.7 Å². The maximum Gasteiger partial charge on any atom is 0.252 e. The highest BCUT2D eigenvalue weighted by atomic mass is 16.2.